The molecule has 0 saturated carbocycles. The third-order valence-electron chi connectivity index (χ3n) is 7.95. The van der Waals surface area contributed by atoms with Crippen LogP contribution in [0.25, 0.3) is 44.6 Å². The molecule has 2 fully saturated rings. The van der Waals surface area contributed by atoms with Gasteiger partial charge in [0.15, 0.2) is 5.82 Å². The summed E-state index contributed by atoms with van der Waals surface area (Å²) in [4.78, 5) is 22.2. The minimum absolute atomic E-state index is 0.224. The highest BCUT2D eigenvalue weighted by atomic mass is 16.3. The van der Waals surface area contributed by atoms with E-state index in [2.05, 4.69) is 59.2 Å². The first-order valence-corrected chi connectivity index (χ1v) is 13.6. The normalized spacial score (nSPS) is 17.6. The van der Waals surface area contributed by atoms with Crippen LogP contribution in [-0.4, -0.2) is 72.4 Å². The maximum absolute atomic E-state index is 9.93. The zero-order valence-corrected chi connectivity index (χ0v) is 21.4. The largest absolute Gasteiger partial charge is 0.393 e. The average molecular weight is 509 g/mol. The molecule has 0 amide bonds. The number of nitrogens with one attached hydrogen (secondary N) is 2. The summed E-state index contributed by atoms with van der Waals surface area (Å²) in [6.07, 6.45) is 12.8. The van der Waals surface area contributed by atoms with Crippen molar-refractivity contribution in [2.45, 2.75) is 44.8 Å². The number of anilines is 1. The Morgan fingerprint density at radius 3 is 2.58 bits per heavy atom. The predicted octanol–water partition coefficient (Wildman–Crippen LogP) is 4.51. The van der Waals surface area contributed by atoms with Crippen molar-refractivity contribution in [1.29, 1.82) is 0 Å². The predicted molar refractivity (Wildman–Crippen MR) is 149 cm³/mol. The summed E-state index contributed by atoms with van der Waals surface area (Å²) in [6.45, 7) is 4.88. The van der Waals surface area contributed by atoms with Crippen LogP contribution in [0.1, 0.15) is 37.7 Å². The number of rotatable bonds is 5. The smallest absolute Gasteiger partial charge is 0.159 e. The Morgan fingerprint density at radius 1 is 0.868 bits per heavy atom. The molecular weight excluding hydrogens is 476 g/mol. The van der Waals surface area contributed by atoms with Crippen molar-refractivity contribution in [3.63, 3.8) is 0 Å². The molecule has 9 nitrogen and oxygen atoms in total. The first kappa shape index (κ1) is 23.3. The van der Waals surface area contributed by atoms with Crippen molar-refractivity contribution in [1.82, 2.24) is 35.0 Å². The summed E-state index contributed by atoms with van der Waals surface area (Å²) in [5.74, 6) is 0.715. The highest BCUT2D eigenvalue weighted by Crippen LogP contribution is 2.33. The fraction of sp³-hybridized carbons (Fsp3) is 0.379. The zero-order valence-electron chi connectivity index (χ0n) is 21.4. The molecule has 1 aromatic carbocycles. The highest BCUT2D eigenvalue weighted by Gasteiger charge is 2.22. The Bertz CT molecular complexity index is 1580. The summed E-state index contributed by atoms with van der Waals surface area (Å²) >= 11 is 0. The van der Waals surface area contributed by atoms with E-state index < -0.39 is 0 Å². The molecule has 0 unspecified atom stereocenters. The minimum atomic E-state index is -0.224. The van der Waals surface area contributed by atoms with Gasteiger partial charge in [0.1, 0.15) is 11.2 Å². The number of aromatic amines is 2. The Balaban J connectivity index is 1.22. The van der Waals surface area contributed by atoms with E-state index in [0.29, 0.717) is 5.82 Å². The van der Waals surface area contributed by atoms with Crippen LogP contribution < -0.4 is 4.90 Å². The van der Waals surface area contributed by atoms with Gasteiger partial charge in [-0.05, 0) is 68.1 Å². The quantitative estimate of drug-likeness (QED) is 0.320. The standard InChI is InChI=1S/C29H32N8O/c38-22-6-10-37(11-7-22)26-17-31-16-25-28(26)33-29(32-25)27-23-13-20(4-5-24(23)34-35-27)21-12-19(14-30-15-21)18-36-8-2-1-3-9-36/h4-5,12-17,22,38H,1-3,6-11,18H2,(H,32,33)(H,34,35). The summed E-state index contributed by atoms with van der Waals surface area (Å²) in [5.41, 5.74) is 7.98. The summed E-state index contributed by atoms with van der Waals surface area (Å²) < 4.78 is 0. The van der Waals surface area contributed by atoms with E-state index >= 15 is 0 Å². The topological polar surface area (TPSA) is 110 Å². The number of aliphatic hydroxyl groups excluding tert-OH is 1. The summed E-state index contributed by atoms with van der Waals surface area (Å²) in [7, 11) is 0. The van der Waals surface area contributed by atoms with E-state index in [-0.39, 0.29) is 6.10 Å². The fourth-order valence-electron chi connectivity index (χ4n) is 5.85. The molecule has 3 N–H and O–H groups in total. The van der Waals surface area contributed by atoms with Gasteiger partial charge >= 0.3 is 0 Å². The first-order valence-electron chi connectivity index (χ1n) is 13.6. The van der Waals surface area contributed by atoms with E-state index in [0.717, 1.165) is 76.9 Å². The van der Waals surface area contributed by atoms with Crippen LogP contribution in [0.5, 0.6) is 0 Å². The van der Waals surface area contributed by atoms with Crippen LogP contribution >= 0.6 is 0 Å². The number of H-pyrrole nitrogens is 2. The monoisotopic (exact) mass is 508 g/mol. The molecule has 0 spiro atoms. The van der Waals surface area contributed by atoms with Crippen LogP contribution in [0, 0.1) is 0 Å². The van der Waals surface area contributed by atoms with Gasteiger partial charge in [0, 0.05) is 43.0 Å². The molecule has 7 rings (SSSR count). The third kappa shape index (κ3) is 4.41. The minimum Gasteiger partial charge on any atom is -0.393 e. The lowest BCUT2D eigenvalue weighted by molar-refractivity contribution is 0.145. The number of benzene rings is 1. The Labute approximate surface area is 220 Å². The molecule has 6 heterocycles. The molecule has 0 radical (unpaired) electrons. The molecule has 4 aromatic heterocycles. The summed E-state index contributed by atoms with van der Waals surface area (Å²) in [5, 5.41) is 18.7. The maximum atomic E-state index is 9.93. The molecular formula is C29H32N8O. The lowest BCUT2D eigenvalue weighted by Gasteiger charge is -2.31. The van der Waals surface area contributed by atoms with Gasteiger partial charge in [-0.2, -0.15) is 5.10 Å². The van der Waals surface area contributed by atoms with Gasteiger partial charge < -0.3 is 15.0 Å². The number of aromatic nitrogens is 6. The van der Waals surface area contributed by atoms with Crippen molar-refractivity contribution in [3.05, 3.63) is 54.6 Å². The number of nitrogens with zero attached hydrogens (tertiary/aromatic N) is 6. The van der Waals surface area contributed by atoms with Crippen molar-refractivity contribution in [2.24, 2.45) is 0 Å². The number of fused-ring (bicyclic) bond motifs is 2. The number of hydrogen-bond acceptors (Lipinski definition) is 7. The fourth-order valence-corrected chi connectivity index (χ4v) is 5.85. The van der Waals surface area contributed by atoms with Crippen molar-refractivity contribution >= 4 is 27.6 Å². The molecule has 5 aromatic rings. The van der Waals surface area contributed by atoms with Crippen molar-refractivity contribution < 1.29 is 5.11 Å². The zero-order chi connectivity index (χ0) is 25.5. The molecule has 38 heavy (non-hydrogen) atoms. The van der Waals surface area contributed by atoms with Gasteiger partial charge in [0.2, 0.25) is 0 Å². The van der Waals surface area contributed by atoms with Gasteiger partial charge in [-0.15, -0.1) is 0 Å². The molecule has 2 saturated heterocycles. The number of pyridine rings is 2. The van der Waals surface area contributed by atoms with Crippen LogP contribution in [0.15, 0.2) is 49.1 Å². The highest BCUT2D eigenvalue weighted by molar-refractivity contribution is 5.97. The van der Waals surface area contributed by atoms with E-state index in [1.54, 1.807) is 0 Å². The van der Waals surface area contributed by atoms with Crippen LogP contribution in [0.4, 0.5) is 5.69 Å². The molecule has 0 atom stereocenters. The average Bonchev–Trinajstić information content (AvgIpc) is 3.58. The number of piperidine rings is 2. The van der Waals surface area contributed by atoms with Gasteiger partial charge in [0.25, 0.3) is 0 Å². The van der Waals surface area contributed by atoms with E-state index in [4.69, 9.17) is 4.98 Å². The van der Waals surface area contributed by atoms with Crippen LogP contribution in [0.3, 0.4) is 0 Å². The molecule has 0 aliphatic carbocycles. The van der Waals surface area contributed by atoms with Crippen molar-refractivity contribution in [2.75, 3.05) is 31.1 Å². The Hall–Kier alpha value is -3.82. The second-order valence-corrected chi connectivity index (χ2v) is 10.6. The Kier molecular flexibility index (Phi) is 6.02. The lowest BCUT2D eigenvalue weighted by atomic mass is 10.0. The van der Waals surface area contributed by atoms with E-state index in [9.17, 15) is 5.11 Å². The van der Waals surface area contributed by atoms with Crippen molar-refractivity contribution in [3.8, 4) is 22.6 Å². The van der Waals surface area contributed by atoms with Crippen LogP contribution in [-0.2, 0) is 6.54 Å². The maximum Gasteiger partial charge on any atom is 0.159 e. The second kappa shape index (κ2) is 9.81. The van der Waals surface area contributed by atoms with Crippen LogP contribution in [0.2, 0.25) is 0 Å². The lowest BCUT2D eigenvalue weighted by Crippen LogP contribution is -2.35. The molecule has 194 valence electrons. The van der Waals surface area contributed by atoms with Gasteiger partial charge in [0.05, 0.1) is 35.2 Å². The molecule has 9 heteroatoms. The first-order chi connectivity index (χ1) is 18.7. The number of imidazole rings is 1. The van der Waals surface area contributed by atoms with Gasteiger partial charge in [-0.25, -0.2) is 4.98 Å². The Morgan fingerprint density at radius 2 is 1.71 bits per heavy atom. The van der Waals surface area contributed by atoms with E-state index in [1.165, 1.54) is 37.9 Å². The molecule has 2 aliphatic rings. The SMILES string of the molecule is OC1CCN(c2cncc3[nH]c(-c4n[nH]c5ccc(-c6cncc(CN7CCCCC7)c6)cc45)nc23)CC1. The van der Waals surface area contributed by atoms with Gasteiger partial charge in [-0.3, -0.25) is 20.0 Å². The third-order valence-corrected chi connectivity index (χ3v) is 7.95. The number of aliphatic hydroxyl groups is 1. The second-order valence-electron chi connectivity index (χ2n) is 10.6. The van der Waals surface area contributed by atoms with E-state index in [1.807, 2.05) is 24.8 Å². The van der Waals surface area contributed by atoms with Gasteiger partial charge in [-0.1, -0.05) is 12.5 Å². The number of hydrogen-bond donors (Lipinski definition) is 3. The number of likely N-dealkylation sites (tertiary alicyclic amines) is 1. The summed E-state index contributed by atoms with van der Waals surface area (Å²) in [6, 6.07) is 8.63. The molecule has 2 aliphatic heterocycles. The molecule has 0 bridgehead atoms.